The van der Waals surface area contributed by atoms with E-state index in [2.05, 4.69) is 34.6 Å². The molecule has 0 spiro atoms. The van der Waals surface area contributed by atoms with E-state index in [0.29, 0.717) is 6.04 Å². The third kappa shape index (κ3) is 2.05. The van der Waals surface area contributed by atoms with Crippen LogP contribution < -0.4 is 16.6 Å². The van der Waals surface area contributed by atoms with Crippen LogP contribution in [0.1, 0.15) is 25.6 Å². The van der Waals surface area contributed by atoms with E-state index in [9.17, 15) is 0 Å². The normalized spacial score (nSPS) is 29.7. The number of hydrazine groups is 1. The number of aromatic nitrogens is 1. The molecule has 0 bridgehead atoms. The van der Waals surface area contributed by atoms with Crippen molar-refractivity contribution >= 4 is 5.84 Å². The molecule has 0 saturated carbocycles. The molecule has 0 fully saturated rings. The Labute approximate surface area is 95.1 Å². The second kappa shape index (κ2) is 4.59. The third-order valence-electron chi connectivity index (χ3n) is 3.02. The van der Waals surface area contributed by atoms with Crippen LogP contribution in [0.25, 0.3) is 0 Å². The molecular formula is C11H17N5. The number of nitrogens with one attached hydrogen (secondary N) is 2. The van der Waals surface area contributed by atoms with Crippen LogP contribution >= 0.6 is 0 Å². The van der Waals surface area contributed by atoms with E-state index in [0.717, 1.165) is 11.4 Å². The van der Waals surface area contributed by atoms with E-state index in [1.54, 1.807) is 6.20 Å². The molecule has 1 aromatic rings. The van der Waals surface area contributed by atoms with Crippen molar-refractivity contribution in [1.82, 2.24) is 15.7 Å². The fourth-order valence-electron chi connectivity index (χ4n) is 1.80. The summed E-state index contributed by atoms with van der Waals surface area (Å²) in [7, 11) is 0. The fourth-order valence-corrected chi connectivity index (χ4v) is 1.80. The first-order valence-electron chi connectivity index (χ1n) is 5.42. The molecule has 0 aromatic carbocycles. The maximum atomic E-state index is 5.47. The monoisotopic (exact) mass is 219 g/mol. The minimum absolute atomic E-state index is 0.0639. The summed E-state index contributed by atoms with van der Waals surface area (Å²) in [6.45, 7) is 4.22. The molecule has 3 unspecified atom stereocenters. The van der Waals surface area contributed by atoms with E-state index in [1.165, 1.54) is 0 Å². The largest absolute Gasteiger partial charge is 0.312 e. The zero-order chi connectivity index (χ0) is 11.5. The van der Waals surface area contributed by atoms with Crippen molar-refractivity contribution in [2.75, 3.05) is 0 Å². The van der Waals surface area contributed by atoms with Crippen molar-refractivity contribution in [3.8, 4) is 0 Å². The molecule has 0 aliphatic carbocycles. The molecule has 4 N–H and O–H groups in total. The van der Waals surface area contributed by atoms with Crippen LogP contribution in [-0.4, -0.2) is 16.9 Å². The highest BCUT2D eigenvalue weighted by molar-refractivity contribution is 5.85. The van der Waals surface area contributed by atoms with Gasteiger partial charge in [0.25, 0.3) is 0 Å². The van der Waals surface area contributed by atoms with Crippen LogP contribution in [0.15, 0.2) is 29.5 Å². The molecular weight excluding hydrogens is 202 g/mol. The van der Waals surface area contributed by atoms with Crippen LogP contribution in [0.4, 0.5) is 0 Å². The van der Waals surface area contributed by atoms with Crippen molar-refractivity contribution in [3.63, 3.8) is 0 Å². The van der Waals surface area contributed by atoms with Gasteiger partial charge in [0, 0.05) is 29.9 Å². The van der Waals surface area contributed by atoms with Gasteiger partial charge >= 0.3 is 0 Å². The van der Waals surface area contributed by atoms with Gasteiger partial charge in [-0.3, -0.25) is 10.3 Å². The summed E-state index contributed by atoms with van der Waals surface area (Å²) in [5, 5.41) is 3.42. The molecule has 0 radical (unpaired) electrons. The molecule has 86 valence electrons. The molecule has 2 rings (SSSR count). The van der Waals surface area contributed by atoms with Gasteiger partial charge in [-0.15, -0.1) is 0 Å². The van der Waals surface area contributed by atoms with Gasteiger partial charge in [0.1, 0.15) is 12.0 Å². The van der Waals surface area contributed by atoms with Crippen LogP contribution in [0.2, 0.25) is 0 Å². The molecule has 5 nitrogen and oxygen atoms in total. The number of hydrogen-bond acceptors (Lipinski definition) is 5. The Morgan fingerprint density at radius 3 is 2.88 bits per heavy atom. The standard InChI is InChI=1S/C11H17N5/c1-7-8(2)14-11(15-10(7)16-12)9-4-3-5-13-6-9/h3-8,11,14H,12H2,1-2H3,(H,15,16). The number of amidine groups is 1. The highest BCUT2D eigenvalue weighted by Gasteiger charge is 2.27. The predicted molar refractivity (Wildman–Crippen MR) is 63.5 cm³/mol. The van der Waals surface area contributed by atoms with Gasteiger partial charge in [0.2, 0.25) is 0 Å². The Kier molecular flexibility index (Phi) is 3.17. The van der Waals surface area contributed by atoms with Gasteiger partial charge in [0.05, 0.1) is 0 Å². The summed E-state index contributed by atoms with van der Waals surface area (Å²) in [6.07, 6.45) is 3.51. The predicted octanol–water partition coefficient (Wildman–Crippen LogP) is 0.570. The lowest BCUT2D eigenvalue weighted by Gasteiger charge is -2.32. The fraction of sp³-hybridized carbons (Fsp3) is 0.455. The van der Waals surface area contributed by atoms with E-state index in [-0.39, 0.29) is 12.1 Å². The molecule has 2 heterocycles. The van der Waals surface area contributed by atoms with Gasteiger partial charge in [-0.25, -0.2) is 10.8 Å². The Bertz CT molecular complexity index is 375. The SMILES string of the molecule is CC1NC(c2cccnc2)N=C(NN)C1C. The average molecular weight is 219 g/mol. The Balaban J connectivity index is 2.27. The summed E-state index contributed by atoms with van der Waals surface area (Å²) < 4.78 is 0. The zero-order valence-corrected chi connectivity index (χ0v) is 9.51. The minimum atomic E-state index is -0.0639. The van der Waals surface area contributed by atoms with Crippen LogP contribution in [0, 0.1) is 5.92 Å². The quantitative estimate of drug-likeness (QED) is 0.477. The first kappa shape index (κ1) is 11.0. The lowest BCUT2D eigenvalue weighted by Crippen LogP contribution is -2.49. The maximum absolute atomic E-state index is 5.47. The number of rotatable bonds is 1. The number of nitrogens with two attached hydrogens (primary N) is 1. The first-order chi connectivity index (χ1) is 7.72. The summed E-state index contributed by atoms with van der Waals surface area (Å²) in [6, 6.07) is 4.24. The lowest BCUT2D eigenvalue weighted by molar-refractivity contribution is 0.384. The molecule has 1 aliphatic heterocycles. The zero-order valence-electron chi connectivity index (χ0n) is 9.51. The summed E-state index contributed by atoms with van der Waals surface area (Å²) in [5.41, 5.74) is 3.72. The molecule has 5 heteroatoms. The van der Waals surface area contributed by atoms with Crippen molar-refractivity contribution in [1.29, 1.82) is 0 Å². The van der Waals surface area contributed by atoms with Gasteiger partial charge in [0.15, 0.2) is 0 Å². The molecule has 1 aliphatic rings. The van der Waals surface area contributed by atoms with E-state index >= 15 is 0 Å². The Morgan fingerprint density at radius 1 is 1.44 bits per heavy atom. The average Bonchev–Trinajstić information content (AvgIpc) is 2.33. The van der Waals surface area contributed by atoms with E-state index < -0.39 is 0 Å². The van der Waals surface area contributed by atoms with Crippen LogP contribution in [0.3, 0.4) is 0 Å². The highest BCUT2D eigenvalue weighted by Crippen LogP contribution is 2.21. The van der Waals surface area contributed by atoms with Gasteiger partial charge in [-0.05, 0) is 13.0 Å². The molecule has 16 heavy (non-hydrogen) atoms. The summed E-state index contributed by atoms with van der Waals surface area (Å²) in [5.74, 6) is 6.60. The third-order valence-corrected chi connectivity index (χ3v) is 3.02. The summed E-state index contributed by atoms with van der Waals surface area (Å²) >= 11 is 0. The topological polar surface area (TPSA) is 75.3 Å². The smallest absolute Gasteiger partial charge is 0.129 e. The van der Waals surface area contributed by atoms with Crippen molar-refractivity contribution in [2.24, 2.45) is 16.8 Å². The van der Waals surface area contributed by atoms with Gasteiger partial charge in [-0.1, -0.05) is 13.0 Å². The highest BCUT2D eigenvalue weighted by atomic mass is 15.3. The Morgan fingerprint density at radius 2 is 2.25 bits per heavy atom. The number of hydrogen-bond donors (Lipinski definition) is 3. The van der Waals surface area contributed by atoms with Gasteiger partial charge < -0.3 is 5.43 Å². The first-order valence-corrected chi connectivity index (χ1v) is 5.42. The number of nitrogens with zero attached hydrogens (tertiary/aromatic N) is 2. The molecule has 3 atom stereocenters. The van der Waals surface area contributed by atoms with Crippen molar-refractivity contribution < 1.29 is 0 Å². The summed E-state index contributed by atoms with van der Waals surface area (Å²) in [4.78, 5) is 8.63. The van der Waals surface area contributed by atoms with Crippen molar-refractivity contribution in [2.45, 2.75) is 26.1 Å². The number of aliphatic imine (C=N–C) groups is 1. The molecule has 0 saturated heterocycles. The Hall–Kier alpha value is -1.46. The minimum Gasteiger partial charge on any atom is -0.312 e. The van der Waals surface area contributed by atoms with E-state index in [1.807, 2.05) is 18.3 Å². The van der Waals surface area contributed by atoms with Crippen LogP contribution in [0.5, 0.6) is 0 Å². The number of pyridine rings is 1. The second-order valence-corrected chi connectivity index (χ2v) is 4.09. The molecule has 0 amide bonds. The van der Waals surface area contributed by atoms with E-state index in [4.69, 9.17) is 5.84 Å². The molecule has 1 aromatic heterocycles. The lowest BCUT2D eigenvalue weighted by atomic mass is 9.99. The van der Waals surface area contributed by atoms with Gasteiger partial charge in [-0.2, -0.15) is 0 Å². The second-order valence-electron chi connectivity index (χ2n) is 4.09. The van der Waals surface area contributed by atoms with Crippen molar-refractivity contribution in [3.05, 3.63) is 30.1 Å². The maximum Gasteiger partial charge on any atom is 0.129 e. The van der Waals surface area contributed by atoms with Crippen LogP contribution in [-0.2, 0) is 0 Å².